The van der Waals surface area contributed by atoms with Crippen LogP contribution in [0.25, 0.3) is 0 Å². The highest BCUT2D eigenvalue weighted by Gasteiger charge is 2.19. The lowest BCUT2D eigenvalue weighted by Gasteiger charge is -2.02. The van der Waals surface area contributed by atoms with Gasteiger partial charge in [-0.25, -0.2) is 4.79 Å². The third-order valence-corrected chi connectivity index (χ3v) is 4.15. The van der Waals surface area contributed by atoms with Crippen molar-refractivity contribution in [3.05, 3.63) is 33.9 Å². The number of aromatic carboxylic acids is 1. The van der Waals surface area contributed by atoms with Gasteiger partial charge in [0.2, 0.25) is 0 Å². The van der Waals surface area contributed by atoms with Crippen molar-refractivity contribution in [1.29, 1.82) is 0 Å². The molecule has 8 heteroatoms. The molecule has 0 radical (unpaired) electrons. The number of carbonyl (C=O) groups is 1. The van der Waals surface area contributed by atoms with E-state index in [2.05, 4.69) is 0 Å². The summed E-state index contributed by atoms with van der Waals surface area (Å²) in [5.41, 5.74) is 4.62. The molecule has 0 saturated carbocycles. The van der Waals surface area contributed by atoms with Crippen LogP contribution in [0, 0.1) is 10.1 Å². The molecule has 0 aromatic heterocycles. The fourth-order valence-electron chi connectivity index (χ4n) is 1.06. The summed E-state index contributed by atoms with van der Waals surface area (Å²) in [7, 11) is 2.82. The van der Waals surface area contributed by atoms with Gasteiger partial charge in [0.25, 0.3) is 5.69 Å². The Hall–Kier alpha value is -1.25. The van der Waals surface area contributed by atoms with Gasteiger partial charge in [0.15, 0.2) is 0 Å². The molecule has 0 spiro atoms. The van der Waals surface area contributed by atoms with Gasteiger partial charge in [-0.05, 0) is 12.1 Å². The standard InChI is InChI=1S/C9H10N2O4S2/c10-3-4-16-17-6-1-2-8(11(14)15)7(5-6)9(12)13/h1-2,5H,3-4,10H2,(H,12,13). The van der Waals surface area contributed by atoms with E-state index in [9.17, 15) is 14.9 Å². The zero-order chi connectivity index (χ0) is 12.8. The van der Waals surface area contributed by atoms with Gasteiger partial charge in [-0.15, -0.1) is 0 Å². The molecule has 0 bridgehead atoms. The SMILES string of the molecule is NCCSSc1ccc([N+](=O)[O-])c(C(=O)O)c1. The van der Waals surface area contributed by atoms with E-state index in [1.807, 2.05) is 0 Å². The Morgan fingerprint density at radius 3 is 2.76 bits per heavy atom. The van der Waals surface area contributed by atoms with Crippen LogP contribution in [-0.2, 0) is 0 Å². The van der Waals surface area contributed by atoms with Gasteiger partial charge in [-0.3, -0.25) is 10.1 Å². The summed E-state index contributed by atoms with van der Waals surface area (Å²) in [6, 6.07) is 4.03. The van der Waals surface area contributed by atoms with E-state index in [4.69, 9.17) is 10.8 Å². The van der Waals surface area contributed by atoms with Crippen molar-refractivity contribution in [3.63, 3.8) is 0 Å². The van der Waals surface area contributed by atoms with E-state index in [1.165, 1.54) is 39.8 Å². The van der Waals surface area contributed by atoms with E-state index < -0.39 is 16.6 Å². The fourth-order valence-corrected chi connectivity index (χ4v) is 2.92. The zero-order valence-electron chi connectivity index (χ0n) is 8.66. The molecule has 0 heterocycles. The van der Waals surface area contributed by atoms with Crippen molar-refractivity contribution in [2.45, 2.75) is 4.90 Å². The Kier molecular flexibility index (Phi) is 5.26. The van der Waals surface area contributed by atoms with Crippen LogP contribution in [0.5, 0.6) is 0 Å². The lowest BCUT2D eigenvalue weighted by molar-refractivity contribution is -0.385. The molecule has 0 aliphatic rings. The maximum atomic E-state index is 10.9. The highest BCUT2D eigenvalue weighted by molar-refractivity contribution is 8.76. The van der Waals surface area contributed by atoms with Gasteiger partial charge in [0, 0.05) is 23.3 Å². The van der Waals surface area contributed by atoms with Crippen molar-refractivity contribution in [3.8, 4) is 0 Å². The number of carboxylic acid groups (broad SMARTS) is 1. The summed E-state index contributed by atoms with van der Waals surface area (Å²) in [4.78, 5) is 21.4. The van der Waals surface area contributed by atoms with Crippen molar-refractivity contribution in [2.24, 2.45) is 5.73 Å². The van der Waals surface area contributed by atoms with Crippen molar-refractivity contribution in [1.82, 2.24) is 0 Å². The highest BCUT2D eigenvalue weighted by atomic mass is 33.1. The van der Waals surface area contributed by atoms with Crippen molar-refractivity contribution >= 4 is 33.2 Å². The number of carboxylic acids is 1. The third-order valence-electron chi connectivity index (χ3n) is 1.75. The topological polar surface area (TPSA) is 106 Å². The van der Waals surface area contributed by atoms with Gasteiger partial charge < -0.3 is 10.8 Å². The second kappa shape index (κ2) is 6.48. The number of nitro groups is 1. The minimum atomic E-state index is -1.30. The van der Waals surface area contributed by atoms with E-state index >= 15 is 0 Å². The minimum absolute atomic E-state index is 0.298. The summed E-state index contributed by atoms with van der Waals surface area (Å²) in [5, 5.41) is 19.5. The number of hydrogen-bond donors (Lipinski definition) is 2. The molecule has 17 heavy (non-hydrogen) atoms. The Bertz CT molecular complexity index is 439. The highest BCUT2D eigenvalue weighted by Crippen LogP contribution is 2.33. The minimum Gasteiger partial charge on any atom is -0.477 e. The second-order valence-corrected chi connectivity index (χ2v) is 5.42. The fraction of sp³-hybridized carbons (Fsp3) is 0.222. The molecule has 1 aromatic rings. The normalized spacial score (nSPS) is 10.2. The lowest BCUT2D eigenvalue weighted by atomic mass is 10.2. The summed E-state index contributed by atoms with van der Waals surface area (Å²) >= 11 is 0. The van der Waals surface area contributed by atoms with Crippen molar-refractivity contribution in [2.75, 3.05) is 12.3 Å². The molecular formula is C9H10N2O4S2. The third kappa shape index (κ3) is 3.91. The molecular weight excluding hydrogens is 264 g/mol. The maximum absolute atomic E-state index is 10.9. The van der Waals surface area contributed by atoms with Crippen LogP contribution in [0.3, 0.4) is 0 Å². The molecule has 92 valence electrons. The van der Waals surface area contributed by atoms with Crippen LogP contribution in [0.15, 0.2) is 23.1 Å². The molecule has 0 amide bonds. The van der Waals surface area contributed by atoms with Gasteiger partial charge in [-0.2, -0.15) is 0 Å². The molecule has 3 N–H and O–H groups in total. The van der Waals surface area contributed by atoms with Crippen LogP contribution in [0.4, 0.5) is 5.69 Å². The van der Waals surface area contributed by atoms with Gasteiger partial charge in [0.1, 0.15) is 5.56 Å². The Morgan fingerprint density at radius 2 is 2.24 bits per heavy atom. The second-order valence-electron chi connectivity index (χ2n) is 2.94. The first kappa shape index (κ1) is 13.8. The zero-order valence-corrected chi connectivity index (χ0v) is 10.3. The number of rotatable bonds is 6. The number of nitrogens with zero attached hydrogens (tertiary/aromatic N) is 1. The summed E-state index contributed by atoms with van der Waals surface area (Å²) < 4.78 is 0. The summed E-state index contributed by atoms with van der Waals surface area (Å²) in [6.45, 7) is 0.524. The van der Waals surface area contributed by atoms with E-state index in [0.717, 1.165) is 5.75 Å². The number of nitro benzene ring substituents is 1. The Labute approximate surface area is 105 Å². The number of hydrogen-bond acceptors (Lipinski definition) is 6. The van der Waals surface area contributed by atoms with Crippen molar-refractivity contribution < 1.29 is 14.8 Å². The molecule has 0 unspecified atom stereocenters. The predicted octanol–water partition coefficient (Wildman–Crippen LogP) is 1.99. The Balaban J connectivity index is 2.94. The van der Waals surface area contributed by atoms with Gasteiger partial charge in [0.05, 0.1) is 4.92 Å². The molecule has 0 aliphatic carbocycles. The first-order valence-corrected chi connectivity index (χ1v) is 6.89. The van der Waals surface area contributed by atoms with Crippen LogP contribution >= 0.6 is 21.6 Å². The average Bonchev–Trinajstić information content (AvgIpc) is 2.29. The number of nitrogens with two attached hydrogens (primary N) is 1. The van der Waals surface area contributed by atoms with Crippen LogP contribution in [-0.4, -0.2) is 28.3 Å². The molecule has 1 rings (SSSR count). The quantitative estimate of drug-likeness (QED) is 0.353. The van der Waals surface area contributed by atoms with Gasteiger partial charge >= 0.3 is 5.97 Å². The lowest BCUT2D eigenvalue weighted by Crippen LogP contribution is -2.02. The summed E-state index contributed by atoms with van der Waals surface area (Å²) in [5.74, 6) is -0.577. The summed E-state index contributed by atoms with van der Waals surface area (Å²) in [6.07, 6.45) is 0. The molecule has 0 aliphatic heterocycles. The molecule has 0 atom stereocenters. The molecule has 1 aromatic carbocycles. The first-order valence-electron chi connectivity index (χ1n) is 4.57. The predicted molar refractivity (Wildman–Crippen MR) is 67.4 cm³/mol. The Morgan fingerprint density at radius 1 is 1.53 bits per heavy atom. The van der Waals surface area contributed by atoms with Crippen LogP contribution in [0.2, 0.25) is 0 Å². The monoisotopic (exact) mass is 274 g/mol. The molecule has 0 saturated heterocycles. The smallest absolute Gasteiger partial charge is 0.342 e. The number of benzene rings is 1. The van der Waals surface area contributed by atoms with Crippen LogP contribution in [0.1, 0.15) is 10.4 Å². The van der Waals surface area contributed by atoms with Crippen LogP contribution < -0.4 is 5.73 Å². The van der Waals surface area contributed by atoms with E-state index in [1.54, 1.807) is 0 Å². The first-order chi connectivity index (χ1) is 8.06. The maximum Gasteiger partial charge on any atom is 0.342 e. The van der Waals surface area contributed by atoms with E-state index in [0.29, 0.717) is 11.4 Å². The molecule has 6 nitrogen and oxygen atoms in total. The average molecular weight is 274 g/mol. The largest absolute Gasteiger partial charge is 0.477 e. The van der Waals surface area contributed by atoms with Gasteiger partial charge in [-0.1, -0.05) is 21.6 Å². The molecule has 0 fully saturated rings. The van der Waals surface area contributed by atoms with E-state index in [-0.39, 0.29) is 5.56 Å².